The van der Waals surface area contributed by atoms with Crippen LogP contribution in [0.15, 0.2) is 70.2 Å². The normalized spacial score (nSPS) is 14.9. The van der Waals surface area contributed by atoms with Crippen molar-refractivity contribution >= 4 is 21.6 Å². The van der Waals surface area contributed by atoms with Crippen LogP contribution in [0.1, 0.15) is 10.6 Å². The van der Waals surface area contributed by atoms with E-state index in [2.05, 4.69) is 5.32 Å². The summed E-state index contributed by atoms with van der Waals surface area (Å²) in [5.41, 5.74) is 0.125. The lowest BCUT2D eigenvalue weighted by molar-refractivity contribution is 0.0730. The summed E-state index contributed by atoms with van der Waals surface area (Å²) >= 11 is 0. The number of furan rings is 1. The maximum absolute atomic E-state index is 13.2. The molecule has 1 saturated heterocycles. The van der Waals surface area contributed by atoms with Gasteiger partial charge >= 0.3 is 0 Å². The van der Waals surface area contributed by atoms with Crippen molar-refractivity contribution in [2.24, 2.45) is 0 Å². The van der Waals surface area contributed by atoms with Crippen LogP contribution in [0.2, 0.25) is 0 Å². The number of benzene rings is 2. The van der Waals surface area contributed by atoms with E-state index in [0.29, 0.717) is 19.0 Å². The molecule has 2 heterocycles. The molecule has 1 amide bonds. The molecule has 1 aromatic heterocycles. The maximum Gasteiger partial charge on any atom is 0.291 e. The Bertz CT molecular complexity index is 1160. The number of nitrogens with one attached hydrogen (secondary N) is 1. The van der Waals surface area contributed by atoms with Crippen molar-refractivity contribution in [1.29, 1.82) is 0 Å². The predicted molar refractivity (Wildman–Crippen MR) is 109 cm³/mol. The van der Waals surface area contributed by atoms with Crippen molar-refractivity contribution in [2.45, 2.75) is 4.90 Å². The van der Waals surface area contributed by atoms with Gasteiger partial charge in [-0.25, -0.2) is 12.8 Å². The first kappa shape index (κ1) is 21.0. The molecule has 10 heteroatoms. The van der Waals surface area contributed by atoms with Gasteiger partial charge in [0.15, 0.2) is 11.5 Å². The molecule has 1 fully saturated rings. The Morgan fingerprint density at radius 2 is 1.81 bits per heavy atom. The summed E-state index contributed by atoms with van der Waals surface area (Å²) in [4.78, 5) is 12.5. The third-order valence-corrected chi connectivity index (χ3v) is 6.49. The fourth-order valence-electron chi connectivity index (χ4n) is 3.01. The molecular weight excluding hydrogens is 427 g/mol. The van der Waals surface area contributed by atoms with E-state index >= 15 is 0 Å². The second-order valence-corrected chi connectivity index (χ2v) is 8.60. The van der Waals surface area contributed by atoms with Gasteiger partial charge in [0.2, 0.25) is 10.0 Å². The van der Waals surface area contributed by atoms with Crippen LogP contribution in [0.5, 0.6) is 11.5 Å². The minimum absolute atomic E-state index is 0.00407. The van der Waals surface area contributed by atoms with Gasteiger partial charge in [-0.2, -0.15) is 4.31 Å². The maximum atomic E-state index is 13.2. The fraction of sp³-hybridized carbons (Fsp3) is 0.190. The van der Waals surface area contributed by atoms with Crippen molar-refractivity contribution in [3.63, 3.8) is 0 Å². The molecule has 0 atom stereocenters. The average Bonchev–Trinajstić information content (AvgIpc) is 3.32. The highest BCUT2D eigenvalue weighted by Crippen LogP contribution is 2.33. The molecule has 0 spiro atoms. The summed E-state index contributed by atoms with van der Waals surface area (Å²) in [6.07, 6.45) is 1.35. The molecule has 4 rings (SSSR count). The molecule has 1 aliphatic rings. The largest absolute Gasteiger partial charge is 0.459 e. The molecule has 8 nitrogen and oxygen atoms in total. The van der Waals surface area contributed by atoms with Crippen LogP contribution in [0.4, 0.5) is 10.1 Å². The molecule has 0 aliphatic carbocycles. The number of amides is 1. The Morgan fingerprint density at radius 1 is 1.06 bits per heavy atom. The van der Waals surface area contributed by atoms with E-state index in [9.17, 15) is 17.6 Å². The second kappa shape index (κ2) is 8.88. The smallest absolute Gasteiger partial charge is 0.291 e. The lowest BCUT2D eigenvalue weighted by atomic mass is 10.2. The summed E-state index contributed by atoms with van der Waals surface area (Å²) in [6, 6.07) is 12.5. The van der Waals surface area contributed by atoms with Gasteiger partial charge in [0.1, 0.15) is 11.6 Å². The lowest BCUT2D eigenvalue weighted by Crippen LogP contribution is -2.40. The van der Waals surface area contributed by atoms with Gasteiger partial charge in [0, 0.05) is 13.1 Å². The number of sulfonamides is 1. The van der Waals surface area contributed by atoms with Crippen molar-refractivity contribution in [2.75, 3.05) is 31.6 Å². The van der Waals surface area contributed by atoms with E-state index in [1.54, 1.807) is 6.07 Å². The molecule has 2 aromatic carbocycles. The molecule has 1 N–H and O–H groups in total. The van der Waals surface area contributed by atoms with Gasteiger partial charge < -0.3 is 19.2 Å². The number of nitrogens with zero attached hydrogens (tertiary/aromatic N) is 1. The molecule has 3 aromatic rings. The van der Waals surface area contributed by atoms with Gasteiger partial charge in [0.25, 0.3) is 5.91 Å². The zero-order chi connectivity index (χ0) is 21.8. The number of morpholine rings is 1. The summed E-state index contributed by atoms with van der Waals surface area (Å²) in [5.74, 6) is -0.444. The number of hydrogen-bond acceptors (Lipinski definition) is 6. The van der Waals surface area contributed by atoms with E-state index in [1.165, 1.54) is 59.1 Å². The van der Waals surface area contributed by atoms with Crippen molar-refractivity contribution in [3.8, 4) is 11.5 Å². The van der Waals surface area contributed by atoms with E-state index in [0.717, 1.165) is 0 Å². The van der Waals surface area contributed by atoms with Crippen LogP contribution in [-0.2, 0) is 14.8 Å². The number of rotatable bonds is 6. The van der Waals surface area contributed by atoms with E-state index in [1.807, 2.05) is 0 Å². The van der Waals surface area contributed by atoms with Crippen molar-refractivity contribution in [3.05, 3.63) is 72.4 Å². The van der Waals surface area contributed by atoms with Gasteiger partial charge in [-0.05, 0) is 54.6 Å². The summed E-state index contributed by atoms with van der Waals surface area (Å²) in [5, 5.41) is 2.62. The first-order chi connectivity index (χ1) is 14.9. The summed E-state index contributed by atoms with van der Waals surface area (Å²) in [6.45, 7) is 1.11. The van der Waals surface area contributed by atoms with E-state index in [4.69, 9.17) is 13.9 Å². The van der Waals surface area contributed by atoms with Crippen molar-refractivity contribution in [1.82, 2.24) is 4.31 Å². The number of carbonyl (C=O) groups excluding carboxylic acids is 1. The van der Waals surface area contributed by atoms with Crippen LogP contribution < -0.4 is 10.1 Å². The standard InChI is InChI=1S/C21H19FN2O6S/c22-15-3-5-16(6-4-15)30-19-8-7-17(31(26,27)24-9-12-28-13-10-24)14-18(19)23-21(25)20-2-1-11-29-20/h1-8,11,14H,9-10,12-13H2,(H,23,25). The number of carbonyl (C=O) groups is 1. The Balaban J connectivity index is 1.68. The first-order valence-corrected chi connectivity index (χ1v) is 10.9. The second-order valence-electron chi connectivity index (χ2n) is 6.66. The van der Waals surface area contributed by atoms with Gasteiger partial charge in [-0.3, -0.25) is 4.79 Å². The van der Waals surface area contributed by atoms with Crippen LogP contribution in [-0.4, -0.2) is 44.9 Å². The topological polar surface area (TPSA) is 98.1 Å². The molecule has 0 bridgehead atoms. The number of anilines is 1. The molecular formula is C21H19FN2O6S. The van der Waals surface area contributed by atoms with Gasteiger partial charge in [0.05, 0.1) is 30.1 Å². The minimum Gasteiger partial charge on any atom is -0.459 e. The van der Waals surface area contributed by atoms with Crippen LogP contribution in [0.25, 0.3) is 0 Å². The van der Waals surface area contributed by atoms with Crippen molar-refractivity contribution < 1.29 is 31.5 Å². The highest BCUT2D eigenvalue weighted by Gasteiger charge is 2.27. The van der Waals surface area contributed by atoms with E-state index < -0.39 is 21.7 Å². The Kier molecular flexibility index (Phi) is 6.03. The Labute approximate surface area is 178 Å². The van der Waals surface area contributed by atoms with Gasteiger partial charge in [-0.15, -0.1) is 0 Å². The SMILES string of the molecule is O=C(Nc1cc(S(=O)(=O)N2CCOCC2)ccc1Oc1ccc(F)cc1)c1ccco1. The molecule has 31 heavy (non-hydrogen) atoms. The summed E-state index contributed by atoms with van der Waals surface area (Å²) in [7, 11) is -3.80. The van der Waals surface area contributed by atoms with Crippen LogP contribution in [0.3, 0.4) is 0 Å². The average molecular weight is 446 g/mol. The highest BCUT2D eigenvalue weighted by molar-refractivity contribution is 7.89. The zero-order valence-electron chi connectivity index (χ0n) is 16.3. The number of ether oxygens (including phenoxy) is 2. The first-order valence-electron chi connectivity index (χ1n) is 9.44. The summed E-state index contributed by atoms with van der Waals surface area (Å²) < 4.78 is 56.6. The van der Waals surface area contributed by atoms with Gasteiger partial charge in [-0.1, -0.05) is 0 Å². The predicted octanol–water partition coefficient (Wildman–Crippen LogP) is 3.48. The highest BCUT2D eigenvalue weighted by atomic mass is 32.2. The molecule has 162 valence electrons. The van der Waals surface area contributed by atoms with E-state index in [-0.39, 0.29) is 35.2 Å². The minimum atomic E-state index is -3.80. The monoisotopic (exact) mass is 446 g/mol. The number of hydrogen-bond donors (Lipinski definition) is 1. The molecule has 0 radical (unpaired) electrons. The Hall–Kier alpha value is -3.21. The zero-order valence-corrected chi connectivity index (χ0v) is 17.1. The molecule has 0 saturated carbocycles. The molecule has 0 unspecified atom stereocenters. The lowest BCUT2D eigenvalue weighted by Gasteiger charge is -2.26. The van der Waals surface area contributed by atoms with Crippen LogP contribution in [0, 0.1) is 5.82 Å². The molecule has 1 aliphatic heterocycles. The quantitative estimate of drug-likeness (QED) is 0.623. The fourth-order valence-corrected chi connectivity index (χ4v) is 4.45. The third-order valence-electron chi connectivity index (χ3n) is 4.59. The number of halogens is 1. The van der Waals surface area contributed by atoms with Crippen LogP contribution >= 0.6 is 0 Å². The third kappa shape index (κ3) is 4.76. The Morgan fingerprint density at radius 3 is 2.48 bits per heavy atom.